The summed E-state index contributed by atoms with van der Waals surface area (Å²) >= 11 is 0. The molecular weight excluding hydrogens is 349 g/mol. The van der Waals surface area contributed by atoms with Crippen LogP contribution in [-0.2, 0) is 14.0 Å². The summed E-state index contributed by atoms with van der Waals surface area (Å²) in [5.41, 5.74) is 0.181. The maximum Gasteiger partial charge on any atom is 0.494 e. The molecule has 8 heteroatoms. The van der Waals surface area contributed by atoms with E-state index < -0.39 is 19.5 Å². The Morgan fingerprint density at radius 1 is 1.19 bits per heavy atom. The molecule has 0 spiro atoms. The first-order valence-electron chi connectivity index (χ1n) is 9.44. The van der Waals surface area contributed by atoms with Gasteiger partial charge in [-0.1, -0.05) is 12.1 Å². The Morgan fingerprint density at radius 2 is 1.81 bits per heavy atom. The monoisotopic (exact) mass is 379 g/mol. The number of aliphatic hydroxyl groups is 2. The second-order valence-electron chi connectivity index (χ2n) is 8.17. The van der Waals surface area contributed by atoms with E-state index in [0.717, 1.165) is 5.46 Å². The topological polar surface area (TPSA) is 80.6 Å². The Kier molecular flexibility index (Phi) is 6.15. The van der Waals surface area contributed by atoms with Crippen LogP contribution < -0.4 is 10.2 Å². The van der Waals surface area contributed by atoms with Gasteiger partial charge in [0.1, 0.15) is 24.7 Å². The van der Waals surface area contributed by atoms with Crippen LogP contribution in [0.15, 0.2) is 24.3 Å². The van der Waals surface area contributed by atoms with Gasteiger partial charge in [0.05, 0.1) is 24.4 Å². The lowest BCUT2D eigenvalue weighted by molar-refractivity contribution is -0.117. The van der Waals surface area contributed by atoms with Gasteiger partial charge >= 0.3 is 7.12 Å². The van der Waals surface area contributed by atoms with Crippen LogP contribution in [0.1, 0.15) is 27.7 Å². The van der Waals surface area contributed by atoms with Crippen molar-refractivity contribution >= 4 is 12.6 Å². The van der Waals surface area contributed by atoms with Crippen LogP contribution in [0.5, 0.6) is 5.75 Å². The first-order valence-corrected chi connectivity index (χ1v) is 9.44. The van der Waals surface area contributed by atoms with Crippen molar-refractivity contribution in [2.45, 2.75) is 51.2 Å². The molecule has 0 aromatic heterocycles. The van der Waals surface area contributed by atoms with Gasteiger partial charge in [0, 0.05) is 13.1 Å². The summed E-state index contributed by atoms with van der Waals surface area (Å²) in [5, 5.41) is 20.0. The molecule has 1 aromatic carbocycles. The van der Waals surface area contributed by atoms with Crippen LogP contribution in [0.3, 0.4) is 0 Å². The summed E-state index contributed by atoms with van der Waals surface area (Å²) in [6.45, 7) is 10.0. The summed E-state index contributed by atoms with van der Waals surface area (Å²) in [7, 11) is -0.405. The second-order valence-corrected chi connectivity index (χ2v) is 8.17. The minimum atomic E-state index is -0.694. The number of hydrogen-bond donors (Lipinski definition) is 2. The largest absolute Gasteiger partial charge is 0.494 e. The highest BCUT2D eigenvalue weighted by Crippen LogP contribution is 2.36. The summed E-state index contributed by atoms with van der Waals surface area (Å²) in [4.78, 5) is 1.79. The van der Waals surface area contributed by atoms with Gasteiger partial charge in [0.25, 0.3) is 0 Å². The number of rotatable bonds is 6. The standard InChI is InChI=1S/C19H30BNO6/c1-18(2)19(3,4)27-20(26-18)14-5-7-16(8-6-14)25-12-15(22)11-21-9-10-24-13-17(21)23/h5-8,15,17,22-23H,9-13H2,1-4H3. The van der Waals surface area contributed by atoms with E-state index in [9.17, 15) is 10.2 Å². The van der Waals surface area contributed by atoms with Crippen LogP contribution in [0.4, 0.5) is 0 Å². The molecule has 2 unspecified atom stereocenters. The molecule has 0 aliphatic carbocycles. The van der Waals surface area contributed by atoms with Gasteiger partial charge < -0.3 is 29.0 Å². The van der Waals surface area contributed by atoms with Gasteiger partial charge in [-0.05, 0) is 45.3 Å². The van der Waals surface area contributed by atoms with E-state index in [4.69, 9.17) is 18.8 Å². The number of benzene rings is 1. The summed E-state index contributed by atoms with van der Waals surface area (Å²) < 4.78 is 22.9. The van der Waals surface area contributed by atoms with E-state index in [1.807, 2.05) is 52.0 Å². The molecule has 0 saturated carbocycles. The van der Waals surface area contributed by atoms with Crippen molar-refractivity contribution in [2.75, 3.05) is 32.9 Å². The van der Waals surface area contributed by atoms with Gasteiger partial charge in [-0.2, -0.15) is 0 Å². The number of nitrogens with zero attached hydrogens (tertiary/aromatic N) is 1. The lowest BCUT2D eigenvalue weighted by Gasteiger charge is -2.33. The number of ether oxygens (including phenoxy) is 2. The lowest BCUT2D eigenvalue weighted by atomic mass is 9.79. The number of morpholine rings is 1. The van der Waals surface area contributed by atoms with Crippen molar-refractivity contribution in [3.05, 3.63) is 24.3 Å². The highest BCUT2D eigenvalue weighted by Gasteiger charge is 2.51. The Morgan fingerprint density at radius 3 is 2.41 bits per heavy atom. The maximum atomic E-state index is 10.2. The smallest absolute Gasteiger partial charge is 0.491 e. The normalized spacial score (nSPS) is 26.1. The van der Waals surface area contributed by atoms with Crippen molar-refractivity contribution in [1.29, 1.82) is 0 Å². The molecule has 2 atom stereocenters. The third-order valence-corrected chi connectivity index (χ3v) is 5.50. The van der Waals surface area contributed by atoms with Crippen molar-refractivity contribution in [3.63, 3.8) is 0 Å². The van der Waals surface area contributed by atoms with Gasteiger partial charge in [0.15, 0.2) is 0 Å². The molecule has 3 rings (SSSR count). The molecule has 2 heterocycles. The van der Waals surface area contributed by atoms with Crippen LogP contribution in [0, 0.1) is 0 Å². The zero-order valence-corrected chi connectivity index (χ0v) is 16.6. The molecule has 2 N–H and O–H groups in total. The van der Waals surface area contributed by atoms with Crippen LogP contribution in [-0.4, -0.2) is 78.7 Å². The molecule has 1 aromatic rings. The van der Waals surface area contributed by atoms with Crippen LogP contribution >= 0.6 is 0 Å². The SMILES string of the molecule is CC1(C)OB(c2ccc(OCC(O)CN3CCOCC3O)cc2)OC1(C)C. The highest BCUT2D eigenvalue weighted by atomic mass is 16.7. The Hall–Kier alpha value is -1.16. The van der Waals surface area contributed by atoms with Crippen molar-refractivity contribution in [1.82, 2.24) is 4.90 Å². The van der Waals surface area contributed by atoms with Crippen molar-refractivity contribution in [2.24, 2.45) is 0 Å². The average molecular weight is 379 g/mol. The second kappa shape index (κ2) is 8.07. The van der Waals surface area contributed by atoms with Crippen molar-refractivity contribution < 1.29 is 29.0 Å². The maximum absolute atomic E-state index is 10.2. The van der Waals surface area contributed by atoms with E-state index in [1.165, 1.54) is 0 Å². The van der Waals surface area contributed by atoms with Crippen molar-refractivity contribution in [3.8, 4) is 5.75 Å². The predicted octanol–water partition coefficient (Wildman–Crippen LogP) is 0.376. The number of β-amino-alcohol motifs (C(OH)–C–C–N with tert-alkyl or cyclic N) is 1. The Balaban J connectivity index is 1.49. The van der Waals surface area contributed by atoms with E-state index in [-0.39, 0.29) is 24.4 Å². The lowest BCUT2D eigenvalue weighted by Crippen LogP contribution is -2.49. The molecular formula is C19H30BNO6. The molecule has 7 nitrogen and oxygen atoms in total. The van der Waals surface area contributed by atoms with Gasteiger partial charge in [-0.25, -0.2) is 0 Å². The molecule has 0 amide bonds. The minimum absolute atomic E-state index is 0.153. The van der Waals surface area contributed by atoms with Crippen LogP contribution in [0.2, 0.25) is 0 Å². The van der Waals surface area contributed by atoms with Gasteiger partial charge in [0.2, 0.25) is 0 Å². The van der Waals surface area contributed by atoms with Gasteiger partial charge in [-0.3, -0.25) is 4.90 Å². The third-order valence-electron chi connectivity index (χ3n) is 5.50. The molecule has 0 radical (unpaired) electrons. The summed E-state index contributed by atoms with van der Waals surface area (Å²) in [6.07, 6.45) is -1.37. The minimum Gasteiger partial charge on any atom is -0.491 e. The number of hydrogen-bond acceptors (Lipinski definition) is 7. The van der Waals surface area contributed by atoms with Gasteiger partial charge in [-0.15, -0.1) is 0 Å². The predicted molar refractivity (Wildman–Crippen MR) is 102 cm³/mol. The number of aliphatic hydroxyl groups excluding tert-OH is 2. The first-order chi connectivity index (χ1) is 12.7. The molecule has 2 aliphatic rings. The zero-order chi connectivity index (χ0) is 19.7. The average Bonchev–Trinajstić information content (AvgIpc) is 2.83. The fraction of sp³-hybridized carbons (Fsp3) is 0.684. The molecule has 2 aliphatic heterocycles. The molecule has 27 heavy (non-hydrogen) atoms. The molecule has 2 fully saturated rings. The molecule has 0 bridgehead atoms. The fourth-order valence-corrected chi connectivity index (χ4v) is 3.05. The quantitative estimate of drug-likeness (QED) is 0.692. The van der Waals surface area contributed by atoms with E-state index in [2.05, 4.69) is 0 Å². The summed E-state index contributed by atoms with van der Waals surface area (Å²) in [5.74, 6) is 0.664. The Bertz CT molecular complexity index is 607. The third kappa shape index (κ3) is 4.82. The Labute approximate surface area is 161 Å². The first kappa shape index (κ1) is 20.6. The van der Waals surface area contributed by atoms with Crippen LogP contribution in [0.25, 0.3) is 0 Å². The molecule has 150 valence electrons. The fourth-order valence-electron chi connectivity index (χ4n) is 3.05. The van der Waals surface area contributed by atoms with E-state index in [1.54, 1.807) is 4.90 Å². The highest BCUT2D eigenvalue weighted by molar-refractivity contribution is 6.62. The van der Waals surface area contributed by atoms with E-state index in [0.29, 0.717) is 25.4 Å². The zero-order valence-electron chi connectivity index (χ0n) is 16.6. The van der Waals surface area contributed by atoms with E-state index >= 15 is 0 Å². The summed E-state index contributed by atoms with van der Waals surface area (Å²) in [6, 6.07) is 7.51. The molecule has 2 saturated heterocycles.